The first-order chi connectivity index (χ1) is 4.88. The highest BCUT2D eigenvalue weighted by Crippen LogP contribution is 2.25. The maximum atomic E-state index is 9.96. The minimum Gasteiger partial charge on any atom is -0.479 e. The Bertz CT molecular complexity index is 170. The molecule has 4 N–H and O–H groups in total. The summed E-state index contributed by atoms with van der Waals surface area (Å²) in [6.07, 6.45) is -1.33. The van der Waals surface area contributed by atoms with Crippen LogP contribution in [0.4, 0.5) is 4.79 Å². The van der Waals surface area contributed by atoms with Gasteiger partial charge in [-0.2, -0.15) is 0 Å². The second kappa shape index (κ2) is 3.20. The van der Waals surface area contributed by atoms with Crippen molar-refractivity contribution in [2.24, 2.45) is 5.73 Å². The third-order valence-electron chi connectivity index (χ3n) is 1.03. The molecular weight excluding hydrogens is 154 g/mol. The molecule has 1 rings (SSSR count). The third-order valence-corrected chi connectivity index (χ3v) is 1.03. The van der Waals surface area contributed by atoms with Gasteiger partial charge in [0.15, 0.2) is 5.60 Å². The molecule has 6 heteroatoms. The predicted molar refractivity (Wildman–Crippen MR) is 34.2 cm³/mol. The van der Waals surface area contributed by atoms with Crippen LogP contribution in [0.1, 0.15) is 6.92 Å². The molecule has 0 saturated carbocycles. The molecular formula is C5H9NO5. The van der Waals surface area contributed by atoms with Gasteiger partial charge in [-0.15, -0.1) is 0 Å². The van der Waals surface area contributed by atoms with Crippen LogP contribution >= 0.6 is 0 Å². The van der Waals surface area contributed by atoms with E-state index in [9.17, 15) is 4.79 Å². The van der Waals surface area contributed by atoms with Gasteiger partial charge in [0, 0.05) is 0 Å². The first kappa shape index (κ1) is 9.70. The summed E-state index contributed by atoms with van der Waals surface area (Å²) in [5.41, 5.74) is 3.19. The van der Waals surface area contributed by atoms with Crippen molar-refractivity contribution in [1.29, 1.82) is 0 Å². The molecule has 1 heterocycles. The van der Waals surface area contributed by atoms with Gasteiger partial charge in [0.2, 0.25) is 0 Å². The number of rotatable bonds is 1. The van der Waals surface area contributed by atoms with Crippen LogP contribution in [0, 0.1) is 0 Å². The van der Waals surface area contributed by atoms with Crippen LogP contribution in [0.3, 0.4) is 0 Å². The van der Waals surface area contributed by atoms with Crippen molar-refractivity contribution >= 4 is 12.1 Å². The quantitative estimate of drug-likeness (QED) is 0.450. The first-order valence-electron chi connectivity index (χ1n) is 2.74. The average molecular weight is 163 g/mol. The van der Waals surface area contributed by atoms with Gasteiger partial charge in [0.1, 0.15) is 0 Å². The van der Waals surface area contributed by atoms with E-state index in [1.165, 1.54) is 0 Å². The fourth-order valence-corrected chi connectivity index (χ4v) is 0.232. The molecule has 1 atom stereocenters. The van der Waals surface area contributed by atoms with Crippen LogP contribution in [-0.4, -0.2) is 34.5 Å². The van der Waals surface area contributed by atoms with Gasteiger partial charge in [-0.05, 0) is 6.92 Å². The first-order valence-corrected chi connectivity index (χ1v) is 2.74. The van der Waals surface area contributed by atoms with Gasteiger partial charge >= 0.3 is 12.1 Å². The van der Waals surface area contributed by atoms with E-state index < -0.39 is 17.7 Å². The predicted octanol–water partition coefficient (Wildman–Crippen LogP) is -0.517. The fourth-order valence-electron chi connectivity index (χ4n) is 0.232. The summed E-state index contributed by atoms with van der Waals surface area (Å²) in [7, 11) is 0. The highest BCUT2D eigenvalue weighted by atomic mass is 16.6. The van der Waals surface area contributed by atoms with Crippen LogP contribution in [0.2, 0.25) is 0 Å². The van der Waals surface area contributed by atoms with Crippen molar-refractivity contribution < 1.29 is 24.5 Å². The molecule has 11 heavy (non-hydrogen) atoms. The number of carboxylic acid groups (broad SMARTS) is 2. The lowest BCUT2D eigenvalue weighted by atomic mass is 10.2. The fraction of sp³-hybridized carbons (Fsp3) is 0.600. The Morgan fingerprint density at radius 2 is 1.82 bits per heavy atom. The number of carboxylic acids is 1. The van der Waals surface area contributed by atoms with Crippen molar-refractivity contribution in [2.45, 2.75) is 12.5 Å². The summed E-state index contributed by atoms with van der Waals surface area (Å²) in [5.74, 6) is -0.868. The van der Waals surface area contributed by atoms with E-state index in [1.807, 2.05) is 0 Å². The highest BCUT2D eigenvalue weighted by molar-refractivity contribution is 5.79. The smallest absolute Gasteiger partial charge is 0.402 e. The molecule has 64 valence electrons. The zero-order chi connectivity index (χ0) is 9.07. The standard InChI is InChI=1S/C4H6O3.CH3NO2/c1-4(2-7-4)3(5)6;2-1(3)4/h2H2,1H3,(H,5,6);2H2,(H,3,4). The van der Waals surface area contributed by atoms with Crippen LogP contribution in [-0.2, 0) is 9.53 Å². The molecule has 1 saturated heterocycles. The Morgan fingerprint density at radius 1 is 1.55 bits per heavy atom. The summed E-state index contributed by atoms with van der Waals surface area (Å²) in [6, 6.07) is 0. The number of amides is 1. The summed E-state index contributed by atoms with van der Waals surface area (Å²) < 4.78 is 4.56. The molecule has 0 radical (unpaired) electrons. The summed E-state index contributed by atoms with van der Waals surface area (Å²) in [5, 5.41) is 15.4. The number of hydrogen-bond acceptors (Lipinski definition) is 3. The van der Waals surface area contributed by atoms with Crippen molar-refractivity contribution in [3.63, 3.8) is 0 Å². The van der Waals surface area contributed by atoms with Crippen LogP contribution in [0.5, 0.6) is 0 Å². The highest BCUT2D eigenvalue weighted by Gasteiger charge is 2.47. The van der Waals surface area contributed by atoms with Crippen molar-refractivity contribution in [3.05, 3.63) is 0 Å². The molecule has 1 aliphatic rings. The number of primary amides is 1. The average Bonchev–Trinajstić information content (AvgIpc) is 2.46. The molecule has 1 fully saturated rings. The van der Waals surface area contributed by atoms with Gasteiger partial charge in [-0.25, -0.2) is 9.59 Å². The minimum atomic E-state index is -1.33. The third kappa shape index (κ3) is 4.15. The maximum absolute atomic E-state index is 9.96. The monoisotopic (exact) mass is 163 g/mol. The molecule has 1 aliphatic heterocycles. The van der Waals surface area contributed by atoms with Gasteiger partial charge in [-0.3, -0.25) is 0 Å². The lowest BCUT2D eigenvalue weighted by Crippen LogP contribution is -2.18. The van der Waals surface area contributed by atoms with Crippen LogP contribution in [0.15, 0.2) is 0 Å². The zero-order valence-electron chi connectivity index (χ0n) is 5.90. The number of carbonyl (C=O) groups is 2. The van der Waals surface area contributed by atoms with Gasteiger partial charge in [0.25, 0.3) is 0 Å². The molecule has 0 aromatic heterocycles. The number of nitrogens with two attached hydrogens (primary N) is 1. The molecule has 6 nitrogen and oxygen atoms in total. The number of aliphatic carboxylic acids is 1. The molecule has 1 amide bonds. The molecule has 1 unspecified atom stereocenters. The minimum absolute atomic E-state index is 0.363. The second-order valence-corrected chi connectivity index (χ2v) is 2.16. The zero-order valence-corrected chi connectivity index (χ0v) is 5.90. The van der Waals surface area contributed by atoms with E-state index in [2.05, 4.69) is 10.5 Å². The van der Waals surface area contributed by atoms with E-state index in [1.54, 1.807) is 6.92 Å². The lowest BCUT2D eigenvalue weighted by Gasteiger charge is -1.90. The maximum Gasteiger partial charge on any atom is 0.402 e. The molecule has 0 aromatic rings. The van der Waals surface area contributed by atoms with E-state index in [4.69, 9.17) is 15.0 Å². The van der Waals surface area contributed by atoms with Crippen LogP contribution < -0.4 is 5.73 Å². The summed E-state index contributed by atoms with van der Waals surface area (Å²) >= 11 is 0. The van der Waals surface area contributed by atoms with Crippen molar-refractivity contribution in [2.75, 3.05) is 6.61 Å². The van der Waals surface area contributed by atoms with Gasteiger partial charge < -0.3 is 20.7 Å². The largest absolute Gasteiger partial charge is 0.479 e. The lowest BCUT2D eigenvalue weighted by molar-refractivity contribution is -0.142. The van der Waals surface area contributed by atoms with Crippen LogP contribution in [0.25, 0.3) is 0 Å². The summed E-state index contributed by atoms with van der Waals surface area (Å²) in [6.45, 7) is 1.91. The Morgan fingerprint density at radius 3 is 1.82 bits per heavy atom. The molecule has 0 bridgehead atoms. The van der Waals surface area contributed by atoms with E-state index in [-0.39, 0.29) is 0 Å². The normalized spacial score (nSPS) is 26.3. The Kier molecular flexibility index (Phi) is 2.82. The number of hydrogen-bond donors (Lipinski definition) is 3. The van der Waals surface area contributed by atoms with E-state index >= 15 is 0 Å². The molecule has 0 aromatic carbocycles. The van der Waals surface area contributed by atoms with Crippen molar-refractivity contribution in [3.8, 4) is 0 Å². The van der Waals surface area contributed by atoms with Gasteiger partial charge in [0.05, 0.1) is 6.61 Å². The second-order valence-electron chi connectivity index (χ2n) is 2.16. The van der Waals surface area contributed by atoms with E-state index in [0.717, 1.165) is 0 Å². The Labute approximate surface area is 62.6 Å². The van der Waals surface area contributed by atoms with Crippen molar-refractivity contribution in [1.82, 2.24) is 0 Å². The number of ether oxygens (including phenoxy) is 1. The summed E-state index contributed by atoms with van der Waals surface area (Å²) in [4.78, 5) is 18.7. The van der Waals surface area contributed by atoms with Gasteiger partial charge in [-0.1, -0.05) is 0 Å². The number of epoxide rings is 1. The topological polar surface area (TPSA) is 113 Å². The molecule has 0 aliphatic carbocycles. The Balaban J connectivity index is 0.000000218. The Hall–Kier alpha value is -1.30. The SMILES string of the molecule is CC1(C(=O)O)CO1.NC(=O)O. The van der Waals surface area contributed by atoms with E-state index in [0.29, 0.717) is 6.61 Å². The molecule has 0 spiro atoms.